The fourth-order valence-electron chi connectivity index (χ4n) is 3.06. The molecule has 2 heterocycles. The van der Waals surface area contributed by atoms with Crippen LogP contribution in [0, 0.1) is 11.6 Å². The number of hydrogen-bond donors (Lipinski definition) is 1. The number of fused-ring (bicyclic) bond motifs is 1. The van der Waals surface area contributed by atoms with Gasteiger partial charge in [-0.2, -0.15) is 5.10 Å². The van der Waals surface area contributed by atoms with Crippen LogP contribution in [0.25, 0.3) is 11.1 Å². The van der Waals surface area contributed by atoms with E-state index in [-0.39, 0.29) is 17.7 Å². The molecule has 1 aromatic heterocycles. The molecule has 4 rings (SSSR count). The van der Waals surface area contributed by atoms with Gasteiger partial charge < -0.3 is 10.2 Å². The number of carbonyl (C=O) groups is 1. The highest BCUT2D eigenvalue weighted by Crippen LogP contribution is 2.29. The number of urea groups is 1. The number of nitrogens with zero attached hydrogens (tertiary/aromatic N) is 3. The van der Waals surface area contributed by atoms with Crippen molar-refractivity contribution in [2.45, 2.75) is 13.1 Å². The minimum absolute atomic E-state index is 0.288. The van der Waals surface area contributed by atoms with Crippen molar-refractivity contribution in [3.8, 4) is 11.1 Å². The van der Waals surface area contributed by atoms with Gasteiger partial charge in [0.15, 0.2) is 0 Å². The Kier molecular flexibility index (Phi) is 4.12. The van der Waals surface area contributed by atoms with Crippen LogP contribution in [0.1, 0.15) is 5.69 Å². The average molecular weight is 354 g/mol. The molecule has 0 spiro atoms. The average Bonchev–Trinajstić information content (AvgIpc) is 3.07. The van der Waals surface area contributed by atoms with Crippen molar-refractivity contribution in [3.63, 3.8) is 0 Å². The minimum Gasteiger partial charge on any atom is -0.317 e. The van der Waals surface area contributed by atoms with Gasteiger partial charge in [-0.15, -0.1) is 0 Å². The Balaban J connectivity index is 1.56. The molecule has 0 unspecified atom stereocenters. The fraction of sp³-hybridized carbons (Fsp3) is 0.158. The number of aromatic nitrogens is 2. The fourth-order valence-corrected chi connectivity index (χ4v) is 3.06. The maximum absolute atomic E-state index is 14.1. The topological polar surface area (TPSA) is 50.2 Å². The molecule has 1 aliphatic heterocycles. The van der Waals surface area contributed by atoms with Crippen LogP contribution in [0.4, 0.5) is 19.3 Å². The van der Waals surface area contributed by atoms with Crippen LogP contribution in [0.2, 0.25) is 0 Å². The molecule has 0 atom stereocenters. The molecule has 0 aliphatic carbocycles. The quantitative estimate of drug-likeness (QED) is 0.759. The molecule has 5 nitrogen and oxygen atoms in total. The Bertz CT molecular complexity index is 952. The van der Waals surface area contributed by atoms with Gasteiger partial charge in [-0.3, -0.25) is 4.68 Å². The van der Waals surface area contributed by atoms with E-state index in [9.17, 15) is 13.6 Å². The predicted molar refractivity (Wildman–Crippen MR) is 93.4 cm³/mol. The molecule has 2 aromatic carbocycles. The second-order valence-corrected chi connectivity index (χ2v) is 6.07. The van der Waals surface area contributed by atoms with Gasteiger partial charge in [-0.1, -0.05) is 18.2 Å². The Morgan fingerprint density at radius 3 is 2.54 bits per heavy atom. The summed E-state index contributed by atoms with van der Waals surface area (Å²) in [6.45, 7) is 1.33. The minimum atomic E-state index is -0.362. The summed E-state index contributed by atoms with van der Waals surface area (Å²) >= 11 is 0. The maximum Gasteiger partial charge on any atom is 0.322 e. The van der Waals surface area contributed by atoms with E-state index in [1.54, 1.807) is 34.0 Å². The second kappa shape index (κ2) is 6.59. The molecule has 7 heteroatoms. The molecule has 2 amide bonds. The maximum atomic E-state index is 14.1. The Morgan fingerprint density at radius 1 is 1.00 bits per heavy atom. The van der Waals surface area contributed by atoms with Crippen LogP contribution in [-0.4, -0.2) is 27.3 Å². The van der Waals surface area contributed by atoms with Gasteiger partial charge >= 0.3 is 6.03 Å². The van der Waals surface area contributed by atoms with Crippen molar-refractivity contribution in [1.29, 1.82) is 0 Å². The standard InChI is InChI=1S/C19H16F2N4O/c20-13-5-7-14(8-6-13)23-19(26)24-9-10-25-18(12-24)16(11-22-25)15-3-1-2-4-17(15)21/h1-8,11H,9-10,12H2,(H,23,26). The number of carbonyl (C=O) groups excluding carboxylic acids is 1. The molecule has 3 aromatic rings. The molecular weight excluding hydrogens is 338 g/mol. The van der Waals surface area contributed by atoms with Gasteiger partial charge in [0.2, 0.25) is 0 Å². The number of nitrogens with one attached hydrogen (secondary N) is 1. The number of amides is 2. The third kappa shape index (κ3) is 3.03. The molecule has 1 N–H and O–H groups in total. The van der Waals surface area contributed by atoms with E-state index >= 15 is 0 Å². The van der Waals surface area contributed by atoms with Crippen molar-refractivity contribution in [2.24, 2.45) is 0 Å². The van der Waals surface area contributed by atoms with E-state index in [1.807, 2.05) is 0 Å². The lowest BCUT2D eigenvalue weighted by Crippen LogP contribution is -2.41. The summed E-state index contributed by atoms with van der Waals surface area (Å²) in [5.74, 6) is -0.685. The van der Waals surface area contributed by atoms with Gasteiger partial charge in [0.1, 0.15) is 11.6 Å². The zero-order valence-electron chi connectivity index (χ0n) is 13.8. The molecular formula is C19H16F2N4O. The van der Waals surface area contributed by atoms with E-state index < -0.39 is 0 Å². The van der Waals surface area contributed by atoms with Crippen LogP contribution in [0.15, 0.2) is 54.7 Å². The van der Waals surface area contributed by atoms with Crippen LogP contribution in [0.5, 0.6) is 0 Å². The molecule has 26 heavy (non-hydrogen) atoms. The zero-order valence-corrected chi connectivity index (χ0v) is 13.8. The predicted octanol–water partition coefficient (Wildman–Crippen LogP) is 3.88. The number of halogens is 2. The second-order valence-electron chi connectivity index (χ2n) is 6.07. The summed E-state index contributed by atoms with van der Waals surface area (Å²) < 4.78 is 28.9. The molecule has 0 saturated heterocycles. The number of hydrogen-bond acceptors (Lipinski definition) is 2. The van der Waals surface area contributed by atoms with Gasteiger partial charge in [0, 0.05) is 23.4 Å². The van der Waals surface area contributed by atoms with E-state index in [4.69, 9.17) is 0 Å². The highest BCUT2D eigenvalue weighted by Gasteiger charge is 2.25. The smallest absolute Gasteiger partial charge is 0.317 e. The highest BCUT2D eigenvalue weighted by molar-refractivity contribution is 5.89. The van der Waals surface area contributed by atoms with Crippen molar-refractivity contribution < 1.29 is 13.6 Å². The van der Waals surface area contributed by atoms with E-state index in [0.717, 1.165) is 5.69 Å². The molecule has 0 saturated carbocycles. The lowest BCUT2D eigenvalue weighted by molar-refractivity contribution is 0.194. The summed E-state index contributed by atoms with van der Waals surface area (Å²) in [6.07, 6.45) is 1.63. The number of anilines is 1. The first-order valence-corrected chi connectivity index (χ1v) is 8.23. The van der Waals surface area contributed by atoms with Gasteiger partial charge in [0.05, 0.1) is 25.0 Å². The lowest BCUT2D eigenvalue weighted by Gasteiger charge is -2.28. The van der Waals surface area contributed by atoms with Gasteiger partial charge in [-0.05, 0) is 30.3 Å². The first-order valence-electron chi connectivity index (χ1n) is 8.23. The van der Waals surface area contributed by atoms with Gasteiger partial charge in [-0.25, -0.2) is 13.6 Å². The summed E-state index contributed by atoms with van der Waals surface area (Å²) in [5, 5.41) is 7.06. The summed E-state index contributed by atoms with van der Waals surface area (Å²) in [4.78, 5) is 14.1. The third-order valence-corrected chi connectivity index (χ3v) is 4.42. The number of rotatable bonds is 2. The third-order valence-electron chi connectivity index (χ3n) is 4.42. The Morgan fingerprint density at radius 2 is 1.77 bits per heavy atom. The van der Waals surface area contributed by atoms with Gasteiger partial charge in [0.25, 0.3) is 0 Å². The van der Waals surface area contributed by atoms with E-state index in [1.165, 1.54) is 30.3 Å². The van der Waals surface area contributed by atoms with Crippen LogP contribution in [-0.2, 0) is 13.1 Å². The molecule has 0 bridgehead atoms. The van der Waals surface area contributed by atoms with Crippen molar-refractivity contribution in [1.82, 2.24) is 14.7 Å². The Hall–Kier alpha value is -3.22. The first-order chi connectivity index (χ1) is 12.6. The van der Waals surface area contributed by atoms with Crippen molar-refractivity contribution >= 4 is 11.7 Å². The van der Waals surface area contributed by atoms with E-state index in [2.05, 4.69) is 10.4 Å². The summed E-state index contributed by atoms with van der Waals surface area (Å²) in [6, 6.07) is 11.8. The van der Waals surface area contributed by atoms with Crippen molar-refractivity contribution in [2.75, 3.05) is 11.9 Å². The van der Waals surface area contributed by atoms with Crippen LogP contribution in [0.3, 0.4) is 0 Å². The summed E-state index contributed by atoms with van der Waals surface area (Å²) in [7, 11) is 0. The van der Waals surface area contributed by atoms with Crippen LogP contribution < -0.4 is 5.32 Å². The Labute approximate surface area is 148 Å². The van der Waals surface area contributed by atoms with E-state index in [0.29, 0.717) is 36.4 Å². The normalized spacial score (nSPS) is 13.4. The number of benzene rings is 2. The largest absolute Gasteiger partial charge is 0.322 e. The molecule has 1 aliphatic rings. The van der Waals surface area contributed by atoms with Crippen molar-refractivity contribution in [3.05, 3.63) is 72.1 Å². The molecule has 0 radical (unpaired) electrons. The van der Waals surface area contributed by atoms with Crippen LogP contribution >= 0.6 is 0 Å². The molecule has 0 fully saturated rings. The first kappa shape index (κ1) is 16.3. The summed E-state index contributed by atoms with van der Waals surface area (Å²) in [5.41, 5.74) is 2.46. The zero-order chi connectivity index (χ0) is 18.1. The lowest BCUT2D eigenvalue weighted by atomic mass is 10.0. The SMILES string of the molecule is O=C(Nc1ccc(F)cc1)N1CCn2ncc(-c3ccccc3F)c2C1. The highest BCUT2D eigenvalue weighted by atomic mass is 19.1. The monoisotopic (exact) mass is 354 g/mol. The molecule has 132 valence electrons.